The quantitative estimate of drug-likeness (QED) is 0.527. The second-order valence-corrected chi connectivity index (χ2v) is 10.8. The lowest BCUT2D eigenvalue weighted by Crippen LogP contribution is -2.40. The molecule has 1 N–H and O–H groups in total. The van der Waals surface area contributed by atoms with Crippen LogP contribution >= 0.6 is 0 Å². The molecular formula is C27H35NO5. The smallest absolute Gasteiger partial charge is 0.334 e. The van der Waals surface area contributed by atoms with Crippen molar-refractivity contribution in [1.82, 2.24) is 4.57 Å². The minimum atomic E-state index is -1.22. The van der Waals surface area contributed by atoms with Crippen LogP contribution in [-0.4, -0.2) is 40.4 Å². The van der Waals surface area contributed by atoms with Gasteiger partial charge in [0.15, 0.2) is 5.60 Å². The molecule has 1 saturated carbocycles. The van der Waals surface area contributed by atoms with Crippen LogP contribution in [0.5, 0.6) is 0 Å². The standard InChI is InChI=1S/C27H35NO5/c1-26(2,3)21-11-9-18(10-12-21)24(30)32-17-27(16-29)14-19(25(31)33-27)13-20-15-28(4)23-8-6-5-7-22(20)23/h5-8,13,15,18,21,29H,9-12,14,16-17H2,1-4H3/b19-13+. The minimum absolute atomic E-state index is 0.123. The molecule has 2 aromatic rings. The second-order valence-electron chi connectivity index (χ2n) is 10.8. The summed E-state index contributed by atoms with van der Waals surface area (Å²) < 4.78 is 13.2. The van der Waals surface area contributed by atoms with Crippen LogP contribution in [0.3, 0.4) is 0 Å². The first-order valence-corrected chi connectivity index (χ1v) is 11.9. The highest BCUT2D eigenvalue weighted by Crippen LogP contribution is 2.40. The third-order valence-corrected chi connectivity index (χ3v) is 7.39. The number of aryl methyl sites for hydroxylation is 1. The summed E-state index contributed by atoms with van der Waals surface area (Å²) in [5.74, 6) is -0.235. The van der Waals surface area contributed by atoms with Gasteiger partial charge in [-0.3, -0.25) is 4.79 Å². The van der Waals surface area contributed by atoms with E-state index in [1.165, 1.54) is 0 Å². The summed E-state index contributed by atoms with van der Waals surface area (Å²) in [7, 11) is 1.96. The molecule has 6 nitrogen and oxygen atoms in total. The van der Waals surface area contributed by atoms with Gasteiger partial charge in [-0.1, -0.05) is 39.0 Å². The number of carbonyl (C=O) groups excluding carboxylic acids is 2. The van der Waals surface area contributed by atoms with Gasteiger partial charge in [-0.2, -0.15) is 0 Å². The summed E-state index contributed by atoms with van der Waals surface area (Å²) in [4.78, 5) is 25.3. The van der Waals surface area contributed by atoms with Crippen LogP contribution in [0.1, 0.15) is 58.4 Å². The summed E-state index contributed by atoms with van der Waals surface area (Å²) in [5, 5.41) is 11.1. The van der Waals surface area contributed by atoms with E-state index < -0.39 is 18.2 Å². The third-order valence-electron chi connectivity index (χ3n) is 7.39. The van der Waals surface area contributed by atoms with Crippen molar-refractivity contribution in [2.75, 3.05) is 13.2 Å². The van der Waals surface area contributed by atoms with E-state index in [1.807, 2.05) is 48.2 Å². The highest BCUT2D eigenvalue weighted by molar-refractivity contribution is 6.00. The van der Waals surface area contributed by atoms with Gasteiger partial charge < -0.3 is 19.1 Å². The molecule has 1 aliphatic carbocycles. The second kappa shape index (κ2) is 8.98. The number of hydrogen-bond acceptors (Lipinski definition) is 5. The van der Waals surface area contributed by atoms with Crippen LogP contribution in [-0.2, 0) is 26.1 Å². The number of rotatable bonds is 5. The van der Waals surface area contributed by atoms with E-state index >= 15 is 0 Å². The van der Waals surface area contributed by atoms with E-state index in [0.29, 0.717) is 11.5 Å². The fraction of sp³-hybridized carbons (Fsp3) is 0.556. The molecule has 178 valence electrons. The van der Waals surface area contributed by atoms with Crippen LogP contribution in [0.15, 0.2) is 36.0 Å². The van der Waals surface area contributed by atoms with Gasteiger partial charge in [0.1, 0.15) is 6.61 Å². The van der Waals surface area contributed by atoms with E-state index in [2.05, 4.69) is 20.8 Å². The number of aliphatic hydroxyl groups is 1. The van der Waals surface area contributed by atoms with E-state index in [-0.39, 0.29) is 30.3 Å². The average molecular weight is 454 g/mol. The molecule has 2 fully saturated rings. The van der Waals surface area contributed by atoms with Gasteiger partial charge in [0.25, 0.3) is 0 Å². The number of fused-ring (bicyclic) bond motifs is 1. The van der Waals surface area contributed by atoms with Gasteiger partial charge in [0.05, 0.1) is 12.5 Å². The van der Waals surface area contributed by atoms with Gasteiger partial charge in [-0.15, -0.1) is 0 Å². The van der Waals surface area contributed by atoms with Crippen molar-refractivity contribution in [3.05, 3.63) is 41.6 Å². The van der Waals surface area contributed by atoms with Crippen molar-refractivity contribution in [3.8, 4) is 0 Å². The van der Waals surface area contributed by atoms with Crippen molar-refractivity contribution in [1.29, 1.82) is 0 Å². The zero-order chi connectivity index (χ0) is 23.8. The summed E-state index contributed by atoms with van der Waals surface area (Å²) >= 11 is 0. The molecule has 1 unspecified atom stereocenters. The minimum Gasteiger partial charge on any atom is -0.461 e. The maximum atomic E-state index is 12.7. The topological polar surface area (TPSA) is 77.8 Å². The molecule has 1 saturated heterocycles. The maximum absolute atomic E-state index is 12.7. The van der Waals surface area contributed by atoms with Crippen LogP contribution < -0.4 is 0 Å². The first kappa shape index (κ1) is 23.6. The Kier molecular flexibility index (Phi) is 6.41. The molecule has 33 heavy (non-hydrogen) atoms. The average Bonchev–Trinajstić information content (AvgIpc) is 3.29. The molecule has 1 aromatic carbocycles. The Morgan fingerprint density at radius 3 is 2.61 bits per heavy atom. The SMILES string of the molecule is Cn1cc(/C=C2\CC(CO)(COC(=O)C3CCC(C(C)(C)C)CC3)OC2=O)c2ccccc21. The normalized spacial score (nSPS) is 27.2. The van der Waals surface area contributed by atoms with Crippen molar-refractivity contribution in [2.45, 2.75) is 58.5 Å². The van der Waals surface area contributed by atoms with Gasteiger partial charge in [0, 0.05) is 41.7 Å². The van der Waals surface area contributed by atoms with E-state index in [9.17, 15) is 14.7 Å². The van der Waals surface area contributed by atoms with Crippen LogP contribution in [0.2, 0.25) is 0 Å². The van der Waals surface area contributed by atoms with Crippen LogP contribution in [0.25, 0.3) is 17.0 Å². The number of nitrogens with zero attached hydrogens (tertiary/aromatic N) is 1. The Hall–Kier alpha value is -2.60. The van der Waals surface area contributed by atoms with Crippen LogP contribution in [0.4, 0.5) is 0 Å². The lowest BCUT2D eigenvalue weighted by atomic mass is 9.70. The number of aromatic nitrogens is 1. The number of para-hydroxylation sites is 1. The first-order valence-electron chi connectivity index (χ1n) is 11.9. The van der Waals surface area contributed by atoms with Gasteiger partial charge in [0.2, 0.25) is 0 Å². The summed E-state index contributed by atoms with van der Waals surface area (Å²) in [6.07, 6.45) is 7.66. The molecule has 0 spiro atoms. The first-order chi connectivity index (χ1) is 15.6. The highest BCUT2D eigenvalue weighted by Gasteiger charge is 2.45. The maximum Gasteiger partial charge on any atom is 0.334 e. The van der Waals surface area contributed by atoms with Gasteiger partial charge >= 0.3 is 11.9 Å². The van der Waals surface area contributed by atoms with E-state index in [1.54, 1.807) is 0 Å². The molecule has 0 bridgehead atoms. The predicted molar refractivity (Wildman–Crippen MR) is 127 cm³/mol. The van der Waals surface area contributed by atoms with Crippen molar-refractivity contribution >= 4 is 28.9 Å². The molecule has 6 heteroatoms. The zero-order valence-electron chi connectivity index (χ0n) is 20.1. The number of hydrogen-bond donors (Lipinski definition) is 1. The number of benzene rings is 1. The summed E-state index contributed by atoms with van der Waals surface area (Å²) in [6.45, 7) is 6.23. The van der Waals surface area contributed by atoms with Crippen molar-refractivity contribution < 1.29 is 24.2 Å². The molecule has 1 aromatic heterocycles. The Labute approximate surface area is 195 Å². The number of cyclic esters (lactones) is 1. The Balaban J connectivity index is 1.41. The molecule has 4 rings (SSSR count). The van der Waals surface area contributed by atoms with Gasteiger partial charge in [-0.25, -0.2) is 4.79 Å². The Morgan fingerprint density at radius 2 is 1.94 bits per heavy atom. The fourth-order valence-corrected chi connectivity index (χ4v) is 5.23. The highest BCUT2D eigenvalue weighted by atomic mass is 16.6. The van der Waals surface area contributed by atoms with Crippen molar-refractivity contribution in [2.24, 2.45) is 24.3 Å². The monoisotopic (exact) mass is 453 g/mol. The molecule has 0 amide bonds. The molecule has 0 radical (unpaired) electrons. The number of ether oxygens (including phenoxy) is 2. The molecule has 1 atom stereocenters. The molecule has 2 aliphatic rings. The lowest BCUT2D eigenvalue weighted by Gasteiger charge is -2.36. The summed E-state index contributed by atoms with van der Waals surface area (Å²) in [5.41, 5.74) is 1.50. The Morgan fingerprint density at radius 1 is 1.24 bits per heavy atom. The Bertz CT molecular complexity index is 1070. The van der Waals surface area contributed by atoms with Crippen molar-refractivity contribution in [3.63, 3.8) is 0 Å². The third kappa shape index (κ3) is 4.86. The number of esters is 2. The lowest BCUT2D eigenvalue weighted by molar-refractivity contribution is -0.169. The van der Waals surface area contributed by atoms with Crippen LogP contribution in [0, 0.1) is 17.3 Å². The number of carbonyl (C=O) groups is 2. The summed E-state index contributed by atoms with van der Waals surface area (Å²) in [6, 6.07) is 7.97. The predicted octanol–water partition coefficient (Wildman–Crippen LogP) is 4.64. The molecular weight excluding hydrogens is 418 g/mol. The fourth-order valence-electron chi connectivity index (χ4n) is 5.23. The largest absolute Gasteiger partial charge is 0.461 e. The zero-order valence-corrected chi connectivity index (χ0v) is 20.1. The molecule has 2 heterocycles. The molecule has 1 aliphatic heterocycles. The van der Waals surface area contributed by atoms with Gasteiger partial charge in [-0.05, 0) is 49.2 Å². The van der Waals surface area contributed by atoms with E-state index in [0.717, 1.165) is 42.1 Å². The number of aliphatic hydroxyl groups excluding tert-OH is 1. The van der Waals surface area contributed by atoms with E-state index in [4.69, 9.17) is 9.47 Å².